The molecule has 0 radical (unpaired) electrons. The molecule has 0 aliphatic carbocycles. The summed E-state index contributed by atoms with van der Waals surface area (Å²) in [6, 6.07) is 47.0. The van der Waals surface area contributed by atoms with Crippen LogP contribution in [0.2, 0.25) is 0 Å². The third-order valence-electron chi connectivity index (χ3n) is 7.49. The van der Waals surface area contributed by atoms with Gasteiger partial charge >= 0.3 is 0 Å². The predicted octanol–water partition coefficient (Wildman–Crippen LogP) is 10.5. The summed E-state index contributed by atoms with van der Waals surface area (Å²) in [5, 5.41) is 4.83. The highest BCUT2D eigenvalue weighted by Crippen LogP contribution is 2.29. The Balaban J connectivity index is 1.44. The highest BCUT2D eigenvalue weighted by Gasteiger charge is 2.11. The van der Waals surface area contributed by atoms with Crippen molar-refractivity contribution in [1.82, 2.24) is 0 Å². The van der Waals surface area contributed by atoms with E-state index >= 15 is 0 Å². The molecule has 0 saturated heterocycles. The molecule has 0 spiro atoms. The minimum atomic E-state index is 0.736. The van der Waals surface area contributed by atoms with Crippen molar-refractivity contribution in [3.05, 3.63) is 168 Å². The molecule has 6 aromatic carbocycles. The van der Waals surface area contributed by atoms with Gasteiger partial charge in [0.2, 0.25) is 0 Å². The van der Waals surface area contributed by atoms with Crippen LogP contribution in [-0.2, 0) is 0 Å². The van der Waals surface area contributed by atoms with Crippen LogP contribution in [-0.4, -0.2) is 5.71 Å². The molecule has 1 nitrogen and oxygen atoms in total. The largest absolute Gasteiger partial charge is 0.248 e. The second kappa shape index (κ2) is 11.0. The number of hydrogen-bond donors (Lipinski definition) is 0. The third kappa shape index (κ3) is 5.15. The lowest BCUT2D eigenvalue weighted by Crippen LogP contribution is -2.01. The Morgan fingerprint density at radius 1 is 0.575 bits per heavy atom. The maximum Gasteiger partial charge on any atom is 0.0718 e. The van der Waals surface area contributed by atoms with E-state index in [0.29, 0.717) is 0 Å². The zero-order valence-electron chi connectivity index (χ0n) is 22.9. The molecule has 0 fully saturated rings. The van der Waals surface area contributed by atoms with E-state index in [1.54, 1.807) is 0 Å². The van der Waals surface area contributed by atoms with Gasteiger partial charge < -0.3 is 0 Å². The highest BCUT2D eigenvalue weighted by atomic mass is 14.8. The first-order valence-electron chi connectivity index (χ1n) is 13.7. The summed E-state index contributed by atoms with van der Waals surface area (Å²) in [7, 11) is 0. The van der Waals surface area contributed by atoms with Gasteiger partial charge in [0, 0.05) is 5.56 Å². The van der Waals surface area contributed by atoms with Crippen LogP contribution in [0.3, 0.4) is 0 Å². The topological polar surface area (TPSA) is 12.4 Å². The Morgan fingerprint density at radius 2 is 1.07 bits per heavy atom. The molecule has 0 saturated carbocycles. The van der Waals surface area contributed by atoms with Crippen molar-refractivity contribution in [2.24, 2.45) is 4.99 Å². The normalized spacial score (nSPS) is 12.2. The number of aliphatic imine (C=N–C) groups is 1. The van der Waals surface area contributed by atoms with Gasteiger partial charge in [0.15, 0.2) is 0 Å². The molecule has 0 bridgehead atoms. The molecule has 0 aliphatic rings. The van der Waals surface area contributed by atoms with E-state index < -0.39 is 0 Å². The lowest BCUT2D eigenvalue weighted by molar-refractivity contribution is 1.46. The first kappa shape index (κ1) is 25.3. The number of allylic oxidation sites excluding steroid dienone is 2. The van der Waals surface area contributed by atoms with Crippen LogP contribution in [0.5, 0.6) is 0 Å². The van der Waals surface area contributed by atoms with Gasteiger partial charge in [-0.25, -0.2) is 4.99 Å². The molecule has 6 rings (SSSR count). The Bertz CT molecular complexity index is 1890. The predicted molar refractivity (Wildman–Crippen MR) is 174 cm³/mol. The summed E-state index contributed by atoms with van der Waals surface area (Å²) < 4.78 is 0. The number of aryl methyl sites for hydroxylation is 1. The van der Waals surface area contributed by atoms with Crippen LogP contribution < -0.4 is 0 Å². The van der Waals surface area contributed by atoms with Crippen molar-refractivity contribution < 1.29 is 0 Å². The minimum Gasteiger partial charge on any atom is -0.248 e. The maximum atomic E-state index is 5.17. The number of benzene rings is 6. The minimum absolute atomic E-state index is 0.736. The van der Waals surface area contributed by atoms with Crippen molar-refractivity contribution in [2.75, 3.05) is 0 Å². The van der Waals surface area contributed by atoms with Crippen molar-refractivity contribution >= 4 is 38.5 Å². The van der Waals surface area contributed by atoms with Crippen molar-refractivity contribution in [3.8, 4) is 11.1 Å². The monoisotopic (exact) mass is 513 g/mol. The summed E-state index contributed by atoms with van der Waals surface area (Å²) >= 11 is 0. The molecule has 1 heteroatoms. The summed E-state index contributed by atoms with van der Waals surface area (Å²) in [6.07, 6.45) is 2.20. The van der Waals surface area contributed by atoms with Gasteiger partial charge in [-0.05, 0) is 69.3 Å². The molecular formula is C39H31N. The summed E-state index contributed by atoms with van der Waals surface area (Å²) in [4.78, 5) is 5.17. The molecule has 192 valence electrons. The Labute approximate surface area is 236 Å². The smallest absolute Gasteiger partial charge is 0.0718 e. The molecule has 0 aliphatic heterocycles. The Hall–Kier alpha value is -5.01. The SMILES string of the molecule is C=C(N=C(/C=C(\C)c1cccc2ccccc12)c1cccc2ccccc12)c1ccc(-c2ccc(C)cc2)cc1. The van der Waals surface area contributed by atoms with Crippen LogP contribution in [0.25, 0.3) is 43.9 Å². The van der Waals surface area contributed by atoms with Crippen LogP contribution in [0, 0.1) is 6.92 Å². The van der Waals surface area contributed by atoms with E-state index in [1.807, 2.05) is 0 Å². The lowest BCUT2D eigenvalue weighted by Gasteiger charge is -2.12. The molecule has 6 aromatic rings. The second-order valence-electron chi connectivity index (χ2n) is 10.3. The van der Waals surface area contributed by atoms with Crippen LogP contribution in [0.4, 0.5) is 0 Å². The zero-order chi connectivity index (χ0) is 27.5. The molecule has 0 aromatic heterocycles. The van der Waals surface area contributed by atoms with E-state index in [9.17, 15) is 0 Å². The average molecular weight is 514 g/mol. The average Bonchev–Trinajstić information content (AvgIpc) is 3.00. The van der Waals surface area contributed by atoms with Gasteiger partial charge in [0.05, 0.1) is 11.4 Å². The molecule has 0 heterocycles. The van der Waals surface area contributed by atoms with Gasteiger partial charge in [-0.2, -0.15) is 0 Å². The zero-order valence-corrected chi connectivity index (χ0v) is 22.9. The quantitative estimate of drug-likeness (QED) is 0.196. The summed E-state index contributed by atoms with van der Waals surface area (Å²) in [5.74, 6) is 0. The van der Waals surface area contributed by atoms with Gasteiger partial charge in [-0.3, -0.25) is 0 Å². The Morgan fingerprint density at radius 3 is 1.70 bits per heavy atom. The van der Waals surface area contributed by atoms with E-state index in [-0.39, 0.29) is 0 Å². The molecule has 0 unspecified atom stereocenters. The fourth-order valence-electron chi connectivity index (χ4n) is 5.28. The summed E-state index contributed by atoms with van der Waals surface area (Å²) in [6.45, 7) is 8.68. The van der Waals surface area contributed by atoms with Gasteiger partial charge in [-0.15, -0.1) is 0 Å². The standard InChI is InChI=1S/C39H31N/c1-27-18-20-31(21-19-27)32-24-22-30(23-25-32)29(3)40-39(38-17-9-13-34-11-5-7-15-37(34)38)26-28(2)35-16-8-12-33-10-4-6-14-36(33)35/h4-26H,3H2,1-2H3/b28-26+,40-39?. The summed E-state index contributed by atoms with van der Waals surface area (Å²) in [5.41, 5.74) is 9.74. The number of rotatable bonds is 6. The van der Waals surface area contributed by atoms with E-state index in [2.05, 4.69) is 160 Å². The van der Waals surface area contributed by atoms with Gasteiger partial charge in [0.1, 0.15) is 0 Å². The molecule has 0 amide bonds. The molecule has 0 atom stereocenters. The van der Waals surface area contributed by atoms with Crippen LogP contribution in [0.1, 0.15) is 29.2 Å². The van der Waals surface area contributed by atoms with E-state index in [1.165, 1.54) is 43.8 Å². The third-order valence-corrected chi connectivity index (χ3v) is 7.49. The molecule has 40 heavy (non-hydrogen) atoms. The number of hydrogen-bond acceptors (Lipinski definition) is 1. The van der Waals surface area contributed by atoms with Gasteiger partial charge in [-0.1, -0.05) is 146 Å². The van der Waals surface area contributed by atoms with Crippen molar-refractivity contribution in [1.29, 1.82) is 0 Å². The number of fused-ring (bicyclic) bond motifs is 2. The van der Waals surface area contributed by atoms with Crippen molar-refractivity contribution in [2.45, 2.75) is 13.8 Å². The van der Waals surface area contributed by atoms with Crippen molar-refractivity contribution in [3.63, 3.8) is 0 Å². The number of nitrogens with zero attached hydrogens (tertiary/aromatic N) is 1. The molecule has 0 N–H and O–H groups in total. The van der Waals surface area contributed by atoms with E-state index in [4.69, 9.17) is 4.99 Å². The Kier molecular flexibility index (Phi) is 6.95. The first-order chi connectivity index (χ1) is 19.6. The second-order valence-corrected chi connectivity index (χ2v) is 10.3. The molecular weight excluding hydrogens is 482 g/mol. The van der Waals surface area contributed by atoms with Crippen LogP contribution >= 0.6 is 0 Å². The lowest BCUT2D eigenvalue weighted by atomic mass is 9.95. The van der Waals surface area contributed by atoms with E-state index in [0.717, 1.165) is 28.1 Å². The fraction of sp³-hybridized carbons (Fsp3) is 0.0513. The van der Waals surface area contributed by atoms with Gasteiger partial charge in [0.25, 0.3) is 0 Å². The first-order valence-corrected chi connectivity index (χ1v) is 13.7. The van der Waals surface area contributed by atoms with Crippen LogP contribution in [0.15, 0.2) is 151 Å². The fourth-order valence-corrected chi connectivity index (χ4v) is 5.28. The maximum absolute atomic E-state index is 5.17. The highest BCUT2D eigenvalue weighted by molar-refractivity contribution is 6.20.